The van der Waals surface area contributed by atoms with Crippen molar-refractivity contribution in [2.45, 2.75) is 39.0 Å². The number of anilines is 2. The normalized spacial score (nSPS) is 17.1. The lowest BCUT2D eigenvalue weighted by Gasteiger charge is -2.27. The summed E-state index contributed by atoms with van der Waals surface area (Å²) in [5.41, 5.74) is 7.62. The number of rotatable bonds is 7. The first-order valence-electron chi connectivity index (χ1n) is 7.55. The van der Waals surface area contributed by atoms with Crippen LogP contribution in [-0.4, -0.2) is 24.9 Å². The number of hydrogen-bond donors (Lipinski definition) is 3. The first-order valence-corrected chi connectivity index (χ1v) is 7.55. The zero-order valence-corrected chi connectivity index (χ0v) is 12.3. The first kappa shape index (κ1) is 15.0. The van der Waals surface area contributed by atoms with E-state index in [0.717, 1.165) is 37.2 Å². The van der Waals surface area contributed by atoms with Gasteiger partial charge in [-0.15, -0.1) is 0 Å². The Morgan fingerprint density at radius 2 is 2.05 bits per heavy atom. The van der Waals surface area contributed by atoms with E-state index in [2.05, 4.69) is 12.2 Å². The van der Waals surface area contributed by atoms with Crippen LogP contribution in [-0.2, 0) is 0 Å². The molecule has 0 bridgehead atoms. The van der Waals surface area contributed by atoms with Gasteiger partial charge < -0.3 is 20.9 Å². The van der Waals surface area contributed by atoms with E-state index in [1.54, 1.807) is 0 Å². The quantitative estimate of drug-likeness (QED) is 0.671. The Kier molecular flexibility index (Phi) is 5.12. The van der Waals surface area contributed by atoms with Crippen LogP contribution >= 0.6 is 0 Å². The monoisotopic (exact) mass is 278 g/mol. The zero-order valence-electron chi connectivity index (χ0n) is 12.3. The number of hydrogen-bond acceptors (Lipinski definition) is 4. The molecule has 0 spiro atoms. The van der Waals surface area contributed by atoms with Crippen molar-refractivity contribution in [1.82, 2.24) is 0 Å². The number of nitrogen functional groups attached to an aromatic ring is 1. The van der Waals surface area contributed by atoms with Crippen LogP contribution in [0.25, 0.3) is 0 Å². The molecule has 0 saturated heterocycles. The van der Waals surface area contributed by atoms with Crippen molar-refractivity contribution in [3.63, 3.8) is 0 Å². The van der Waals surface area contributed by atoms with Crippen molar-refractivity contribution in [3.05, 3.63) is 18.2 Å². The van der Waals surface area contributed by atoms with Crippen molar-refractivity contribution in [3.8, 4) is 5.75 Å². The van der Waals surface area contributed by atoms with Gasteiger partial charge in [0.15, 0.2) is 0 Å². The molecule has 112 valence electrons. The lowest BCUT2D eigenvalue weighted by molar-refractivity contribution is 0.142. The third kappa shape index (κ3) is 3.79. The number of benzene rings is 1. The van der Waals surface area contributed by atoms with Gasteiger partial charge in [-0.25, -0.2) is 0 Å². The maximum Gasteiger partial charge on any atom is 0.123 e. The molecule has 4 N–H and O–H groups in total. The first-order chi connectivity index (χ1) is 9.67. The molecular weight excluding hydrogens is 252 g/mol. The smallest absolute Gasteiger partial charge is 0.123 e. The van der Waals surface area contributed by atoms with Crippen molar-refractivity contribution in [1.29, 1.82) is 0 Å². The van der Waals surface area contributed by atoms with Crippen molar-refractivity contribution in [2.24, 2.45) is 5.41 Å². The summed E-state index contributed by atoms with van der Waals surface area (Å²) in [4.78, 5) is 0. The minimum atomic E-state index is 0.0367. The van der Waals surface area contributed by atoms with Crippen molar-refractivity contribution >= 4 is 11.4 Å². The number of nitrogens with two attached hydrogens (primary N) is 1. The SMILES string of the molecule is CCCOc1cc(N)cc(NCC2(CO)CCCC2)c1. The molecule has 1 saturated carbocycles. The Bertz CT molecular complexity index is 428. The van der Waals surface area contributed by atoms with E-state index in [-0.39, 0.29) is 12.0 Å². The number of ether oxygens (including phenoxy) is 1. The van der Waals surface area contributed by atoms with Gasteiger partial charge in [0.25, 0.3) is 0 Å². The number of aliphatic hydroxyl groups is 1. The van der Waals surface area contributed by atoms with Gasteiger partial charge in [0.1, 0.15) is 5.75 Å². The molecule has 4 nitrogen and oxygen atoms in total. The topological polar surface area (TPSA) is 67.5 Å². The second-order valence-corrected chi connectivity index (χ2v) is 5.86. The highest BCUT2D eigenvalue weighted by Gasteiger charge is 2.32. The van der Waals surface area contributed by atoms with E-state index in [9.17, 15) is 5.11 Å². The van der Waals surface area contributed by atoms with Crippen LogP contribution in [0.2, 0.25) is 0 Å². The molecule has 4 heteroatoms. The van der Waals surface area contributed by atoms with E-state index in [1.807, 2.05) is 18.2 Å². The van der Waals surface area contributed by atoms with Gasteiger partial charge in [-0.1, -0.05) is 19.8 Å². The van der Waals surface area contributed by atoms with Crippen LogP contribution in [0.3, 0.4) is 0 Å². The second kappa shape index (κ2) is 6.84. The molecule has 1 fully saturated rings. The van der Waals surface area contributed by atoms with Crippen LogP contribution < -0.4 is 15.8 Å². The summed E-state index contributed by atoms with van der Waals surface area (Å²) in [7, 11) is 0. The van der Waals surface area contributed by atoms with E-state index in [0.29, 0.717) is 12.3 Å². The molecule has 1 aromatic carbocycles. The van der Waals surface area contributed by atoms with Gasteiger partial charge in [0, 0.05) is 35.5 Å². The fourth-order valence-corrected chi connectivity index (χ4v) is 2.83. The standard InChI is InChI=1S/C16H26N2O2/c1-2-7-20-15-9-13(17)8-14(10-15)18-11-16(12-19)5-3-4-6-16/h8-10,18-19H,2-7,11-12,17H2,1H3. The molecule has 0 heterocycles. The molecule has 1 aromatic rings. The Hall–Kier alpha value is -1.42. The summed E-state index contributed by atoms with van der Waals surface area (Å²) in [6.45, 7) is 3.82. The molecule has 2 rings (SSSR count). The average molecular weight is 278 g/mol. The average Bonchev–Trinajstić information content (AvgIpc) is 2.92. The van der Waals surface area contributed by atoms with Crippen LogP contribution in [0.1, 0.15) is 39.0 Å². The Balaban J connectivity index is 1.99. The van der Waals surface area contributed by atoms with Gasteiger partial charge >= 0.3 is 0 Å². The maximum absolute atomic E-state index is 9.63. The summed E-state index contributed by atoms with van der Waals surface area (Å²) in [6, 6.07) is 5.74. The molecule has 1 aliphatic carbocycles. The Morgan fingerprint density at radius 3 is 2.70 bits per heavy atom. The van der Waals surface area contributed by atoms with Crippen LogP contribution in [0.5, 0.6) is 5.75 Å². The third-order valence-electron chi connectivity index (χ3n) is 4.07. The van der Waals surface area contributed by atoms with Gasteiger partial charge in [0.05, 0.1) is 13.2 Å². The zero-order chi connectivity index (χ0) is 14.4. The number of nitrogens with one attached hydrogen (secondary N) is 1. The highest BCUT2D eigenvalue weighted by molar-refractivity contribution is 5.59. The van der Waals surface area contributed by atoms with E-state index < -0.39 is 0 Å². The minimum Gasteiger partial charge on any atom is -0.493 e. The van der Waals surface area contributed by atoms with E-state index >= 15 is 0 Å². The largest absolute Gasteiger partial charge is 0.493 e. The Labute approximate surface area is 121 Å². The maximum atomic E-state index is 9.63. The van der Waals surface area contributed by atoms with Gasteiger partial charge in [-0.2, -0.15) is 0 Å². The lowest BCUT2D eigenvalue weighted by Crippen LogP contribution is -2.30. The highest BCUT2D eigenvalue weighted by atomic mass is 16.5. The summed E-state index contributed by atoms with van der Waals surface area (Å²) < 4.78 is 5.63. The molecular formula is C16H26N2O2. The summed E-state index contributed by atoms with van der Waals surface area (Å²) >= 11 is 0. The van der Waals surface area contributed by atoms with Gasteiger partial charge in [-0.3, -0.25) is 0 Å². The molecule has 20 heavy (non-hydrogen) atoms. The molecule has 0 radical (unpaired) electrons. The molecule has 0 aliphatic heterocycles. The second-order valence-electron chi connectivity index (χ2n) is 5.86. The number of aliphatic hydroxyl groups excluding tert-OH is 1. The fraction of sp³-hybridized carbons (Fsp3) is 0.625. The minimum absolute atomic E-state index is 0.0367. The van der Waals surface area contributed by atoms with Gasteiger partial charge in [-0.05, 0) is 25.3 Å². The highest BCUT2D eigenvalue weighted by Crippen LogP contribution is 2.38. The lowest BCUT2D eigenvalue weighted by atomic mass is 9.87. The van der Waals surface area contributed by atoms with Crippen LogP contribution in [0.15, 0.2) is 18.2 Å². The summed E-state index contributed by atoms with van der Waals surface area (Å²) in [5.74, 6) is 0.804. The van der Waals surface area contributed by atoms with Crippen LogP contribution in [0, 0.1) is 5.41 Å². The summed E-state index contributed by atoms with van der Waals surface area (Å²) in [5, 5.41) is 13.0. The molecule has 1 aliphatic rings. The van der Waals surface area contributed by atoms with Crippen LogP contribution in [0.4, 0.5) is 11.4 Å². The van der Waals surface area contributed by atoms with Crippen molar-refractivity contribution < 1.29 is 9.84 Å². The van der Waals surface area contributed by atoms with Gasteiger partial charge in [0.2, 0.25) is 0 Å². The third-order valence-corrected chi connectivity index (χ3v) is 4.07. The Morgan fingerprint density at radius 1 is 1.30 bits per heavy atom. The molecule has 0 aromatic heterocycles. The predicted molar refractivity (Wildman–Crippen MR) is 83.1 cm³/mol. The fourth-order valence-electron chi connectivity index (χ4n) is 2.83. The van der Waals surface area contributed by atoms with E-state index in [1.165, 1.54) is 12.8 Å². The summed E-state index contributed by atoms with van der Waals surface area (Å²) in [6.07, 6.45) is 5.59. The van der Waals surface area contributed by atoms with E-state index in [4.69, 9.17) is 10.5 Å². The molecule has 0 amide bonds. The van der Waals surface area contributed by atoms with Crippen molar-refractivity contribution in [2.75, 3.05) is 30.8 Å². The predicted octanol–water partition coefficient (Wildman–Crippen LogP) is 3.02. The molecule has 0 atom stereocenters. The molecule has 0 unspecified atom stereocenters.